The number of hydrogen-bond acceptors (Lipinski definition) is 3. The van der Waals surface area contributed by atoms with E-state index in [2.05, 4.69) is 0 Å². The number of carbonyl (C=O) groups is 1. The van der Waals surface area contributed by atoms with Crippen LogP contribution in [0.4, 0.5) is 0 Å². The van der Waals surface area contributed by atoms with Gasteiger partial charge in [-0.25, -0.2) is 4.79 Å². The molecule has 0 amide bonds. The van der Waals surface area contributed by atoms with Crippen LogP contribution in [0, 0.1) is 0 Å². The van der Waals surface area contributed by atoms with E-state index in [-0.39, 0.29) is 11.3 Å². The average molecular weight is 302 g/mol. The van der Waals surface area contributed by atoms with Crippen LogP contribution in [0.2, 0.25) is 0 Å². The van der Waals surface area contributed by atoms with Gasteiger partial charge in [0.25, 0.3) is 0 Å². The molecule has 0 radical (unpaired) electrons. The van der Waals surface area contributed by atoms with Crippen molar-refractivity contribution >= 4 is 22.8 Å². The lowest BCUT2D eigenvalue weighted by atomic mass is 10.1. The van der Waals surface area contributed by atoms with Gasteiger partial charge in [0, 0.05) is 5.39 Å². The predicted octanol–water partition coefficient (Wildman–Crippen LogP) is 4.25. The van der Waals surface area contributed by atoms with Crippen molar-refractivity contribution in [3.8, 4) is 0 Å². The molecule has 3 nitrogen and oxygen atoms in total. The van der Waals surface area contributed by atoms with Crippen molar-refractivity contribution in [2.75, 3.05) is 0 Å². The Bertz CT molecular complexity index is 947. The van der Waals surface area contributed by atoms with Gasteiger partial charge in [0.05, 0.1) is 0 Å². The first-order valence-corrected chi connectivity index (χ1v) is 7.21. The monoisotopic (exact) mass is 302 g/mol. The Morgan fingerprint density at radius 3 is 2.48 bits per heavy atom. The standard InChI is InChI=1S/C20H14O3/c21-18(12-6-4-10-15-8-2-1-3-9-15)17-14-16-11-5-7-13-19(16)23-20(17)22/h1-14H/b10-4+,12-6-. The molecule has 1 aromatic heterocycles. The third kappa shape index (κ3) is 3.52. The highest BCUT2D eigenvalue weighted by atomic mass is 16.4. The van der Waals surface area contributed by atoms with Crippen molar-refractivity contribution in [1.29, 1.82) is 0 Å². The predicted molar refractivity (Wildman–Crippen MR) is 91.4 cm³/mol. The van der Waals surface area contributed by atoms with Crippen LogP contribution in [0.15, 0.2) is 88.1 Å². The van der Waals surface area contributed by atoms with Crippen LogP contribution < -0.4 is 5.63 Å². The zero-order valence-corrected chi connectivity index (χ0v) is 12.3. The maximum atomic E-state index is 12.1. The maximum absolute atomic E-state index is 12.1. The van der Waals surface area contributed by atoms with E-state index in [1.807, 2.05) is 42.5 Å². The molecule has 3 aromatic rings. The first-order valence-electron chi connectivity index (χ1n) is 7.21. The largest absolute Gasteiger partial charge is 0.422 e. The minimum atomic E-state index is -0.620. The fraction of sp³-hybridized carbons (Fsp3) is 0. The molecule has 0 saturated heterocycles. The van der Waals surface area contributed by atoms with Gasteiger partial charge in [-0.05, 0) is 23.8 Å². The molecule has 3 rings (SSSR count). The molecule has 0 spiro atoms. The number of hydrogen-bond donors (Lipinski definition) is 0. The van der Waals surface area contributed by atoms with Crippen LogP contribution in [-0.4, -0.2) is 5.78 Å². The molecule has 0 aliphatic heterocycles. The number of rotatable bonds is 4. The van der Waals surface area contributed by atoms with E-state index in [9.17, 15) is 9.59 Å². The number of benzene rings is 2. The Morgan fingerprint density at radius 1 is 0.913 bits per heavy atom. The molecule has 0 atom stereocenters. The van der Waals surface area contributed by atoms with E-state index >= 15 is 0 Å². The summed E-state index contributed by atoms with van der Waals surface area (Å²) in [5.74, 6) is -0.373. The first kappa shape index (κ1) is 14.7. The summed E-state index contributed by atoms with van der Waals surface area (Å²) >= 11 is 0. The Kier molecular flexibility index (Phi) is 4.29. The topological polar surface area (TPSA) is 47.3 Å². The number of para-hydroxylation sites is 1. The SMILES string of the molecule is O=C(/C=C\C=C\c1ccccc1)c1cc2ccccc2oc1=O. The van der Waals surface area contributed by atoms with Gasteiger partial charge in [0.2, 0.25) is 0 Å². The molecule has 112 valence electrons. The van der Waals surface area contributed by atoms with E-state index in [1.165, 1.54) is 6.08 Å². The minimum Gasteiger partial charge on any atom is -0.422 e. The summed E-state index contributed by atoms with van der Waals surface area (Å²) in [6.45, 7) is 0. The molecule has 0 bridgehead atoms. The molecule has 23 heavy (non-hydrogen) atoms. The van der Waals surface area contributed by atoms with Gasteiger partial charge in [-0.15, -0.1) is 0 Å². The molecule has 0 N–H and O–H groups in total. The number of fused-ring (bicyclic) bond motifs is 1. The van der Waals surface area contributed by atoms with Gasteiger partial charge in [0.1, 0.15) is 11.1 Å². The lowest BCUT2D eigenvalue weighted by molar-refractivity contribution is 0.104. The van der Waals surface area contributed by atoms with Crippen LogP contribution in [0.1, 0.15) is 15.9 Å². The summed E-state index contributed by atoms with van der Waals surface area (Å²) in [6.07, 6.45) is 6.62. The normalized spacial score (nSPS) is 11.5. The Labute approximate surface area is 133 Å². The lowest BCUT2D eigenvalue weighted by Gasteiger charge is -1.98. The molecule has 1 heterocycles. The van der Waals surface area contributed by atoms with Crippen molar-refractivity contribution in [2.24, 2.45) is 0 Å². The summed E-state index contributed by atoms with van der Waals surface area (Å²) < 4.78 is 5.16. The van der Waals surface area contributed by atoms with Crippen LogP contribution in [0.3, 0.4) is 0 Å². The zero-order valence-electron chi connectivity index (χ0n) is 12.3. The van der Waals surface area contributed by atoms with E-state index in [0.29, 0.717) is 5.58 Å². The van der Waals surface area contributed by atoms with Crippen LogP contribution >= 0.6 is 0 Å². The zero-order chi connectivity index (χ0) is 16.1. The number of carbonyl (C=O) groups excluding carboxylic acids is 1. The molecular weight excluding hydrogens is 288 g/mol. The fourth-order valence-corrected chi connectivity index (χ4v) is 2.20. The van der Waals surface area contributed by atoms with Crippen molar-refractivity contribution in [3.63, 3.8) is 0 Å². The number of allylic oxidation sites excluding steroid dienone is 3. The van der Waals surface area contributed by atoms with E-state index in [1.54, 1.807) is 36.4 Å². The van der Waals surface area contributed by atoms with E-state index in [0.717, 1.165) is 10.9 Å². The third-order valence-electron chi connectivity index (χ3n) is 3.35. The van der Waals surface area contributed by atoms with E-state index < -0.39 is 5.63 Å². The van der Waals surface area contributed by atoms with Gasteiger partial charge >= 0.3 is 5.63 Å². The second kappa shape index (κ2) is 6.71. The number of ketones is 1. The van der Waals surface area contributed by atoms with Crippen molar-refractivity contribution in [3.05, 3.63) is 100 Å². The minimum absolute atomic E-state index is 0.0352. The average Bonchev–Trinajstić information content (AvgIpc) is 2.59. The van der Waals surface area contributed by atoms with Gasteiger partial charge in [-0.2, -0.15) is 0 Å². The van der Waals surface area contributed by atoms with Crippen LogP contribution in [-0.2, 0) is 0 Å². The van der Waals surface area contributed by atoms with Crippen LogP contribution in [0.5, 0.6) is 0 Å². The lowest BCUT2D eigenvalue weighted by Crippen LogP contribution is -2.11. The van der Waals surface area contributed by atoms with Gasteiger partial charge in [-0.1, -0.05) is 66.8 Å². The molecular formula is C20H14O3. The molecule has 0 saturated carbocycles. The molecule has 0 aliphatic carbocycles. The molecule has 0 aliphatic rings. The van der Waals surface area contributed by atoms with Crippen molar-refractivity contribution in [1.82, 2.24) is 0 Å². The first-order chi connectivity index (χ1) is 11.2. The quantitative estimate of drug-likeness (QED) is 0.313. The Balaban J connectivity index is 1.80. The highest BCUT2D eigenvalue weighted by molar-refractivity contribution is 6.05. The van der Waals surface area contributed by atoms with Crippen molar-refractivity contribution in [2.45, 2.75) is 0 Å². The van der Waals surface area contributed by atoms with Crippen molar-refractivity contribution < 1.29 is 9.21 Å². The fourth-order valence-electron chi connectivity index (χ4n) is 2.20. The Hall–Kier alpha value is -3.20. The summed E-state index contributed by atoms with van der Waals surface area (Å²) in [5, 5.41) is 0.726. The molecule has 3 heteroatoms. The van der Waals surface area contributed by atoms with Crippen LogP contribution in [0.25, 0.3) is 17.0 Å². The summed E-state index contributed by atoms with van der Waals surface area (Å²) in [5.41, 5.74) is 0.926. The summed E-state index contributed by atoms with van der Waals surface area (Å²) in [6, 6.07) is 18.4. The third-order valence-corrected chi connectivity index (χ3v) is 3.35. The highest BCUT2D eigenvalue weighted by Crippen LogP contribution is 2.13. The Morgan fingerprint density at radius 2 is 1.65 bits per heavy atom. The molecule has 2 aromatic carbocycles. The van der Waals surface area contributed by atoms with Gasteiger partial charge < -0.3 is 4.42 Å². The second-order valence-electron chi connectivity index (χ2n) is 4.98. The second-order valence-corrected chi connectivity index (χ2v) is 4.98. The maximum Gasteiger partial charge on any atom is 0.347 e. The summed E-state index contributed by atoms with van der Waals surface area (Å²) in [7, 11) is 0. The summed E-state index contributed by atoms with van der Waals surface area (Å²) in [4.78, 5) is 24.0. The van der Waals surface area contributed by atoms with E-state index in [4.69, 9.17) is 4.42 Å². The van der Waals surface area contributed by atoms with Gasteiger partial charge in [0.15, 0.2) is 5.78 Å². The smallest absolute Gasteiger partial charge is 0.347 e. The highest BCUT2D eigenvalue weighted by Gasteiger charge is 2.10. The van der Waals surface area contributed by atoms with Gasteiger partial charge in [-0.3, -0.25) is 4.79 Å². The molecule has 0 unspecified atom stereocenters. The molecule has 0 fully saturated rings.